The summed E-state index contributed by atoms with van der Waals surface area (Å²) in [5.41, 5.74) is 7.41. The molecule has 0 aliphatic heterocycles. The second kappa shape index (κ2) is 2.69. The van der Waals surface area contributed by atoms with Crippen LogP contribution in [0.4, 0.5) is 5.00 Å². The highest BCUT2D eigenvalue weighted by molar-refractivity contribution is 7.22. The van der Waals surface area contributed by atoms with Crippen LogP contribution in [0.2, 0.25) is 0 Å². The Labute approximate surface area is 84.5 Å². The number of nitrogens with zero attached hydrogens (tertiary/aromatic N) is 1. The Hall–Kier alpha value is -0.610. The van der Waals surface area contributed by atoms with Crippen molar-refractivity contribution in [3.05, 3.63) is 10.4 Å². The molecule has 2 heterocycles. The zero-order chi connectivity index (χ0) is 8.84. The van der Waals surface area contributed by atoms with Gasteiger partial charge in [-0.05, 0) is 42.8 Å². The molecule has 68 valence electrons. The van der Waals surface area contributed by atoms with Gasteiger partial charge in [-0.25, -0.2) is 0 Å². The molecule has 13 heavy (non-hydrogen) atoms. The molecular formula is C9H10N2S2. The Kier molecular flexibility index (Phi) is 1.60. The van der Waals surface area contributed by atoms with Crippen molar-refractivity contribution < 1.29 is 0 Å². The van der Waals surface area contributed by atoms with Gasteiger partial charge in [-0.15, -0.1) is 11.3 Å². The largest absolute Gasteiger partial charge is 0.389 e. The monoisotopic (exact) mass is 210 g/mol. The van der Waals surface area contributed by atoms with Gasteiger partial charge >= 0.3 is 0 Å². The fourth-order valence-electron chi connectivity index (χ4n) is 2.01. The number of hydrogen-bond acceptors (Lipinski definition) is 4. The summed E-state index contributed by atoms with van der Waals surface area (Å²) in [4.78, 5) is 2.69. The van der Waals surface area contributed by atoms with Gasteiger partial charge in [0.1, 0.15) is 9.83 Å². The first kappa shape index (κ1) is 7.76. The summed E-state index contributed by atoms with van der Waals surface area (Å²) in [6, 6.07) is 0. The number of aryl methyl sites for hydroxylation is 2. The Bertz CT molecular complexity index is 455. The summed E-state index contributed by atoms with van der Waals surface area (Å²) in [6.45, 7) is 0. The molecule has 0 saturated carbocycles. The van der Waals surface area contributed by atoms with Gasteiger partial charge in [-0.2, -0.15) is 4.37 Å². The molecule has 3 rings (SSSR count). The minimum atomic E-state index is 0.911. The molecule has 2 aromatic heterocycles. The maximum absolute atomic E-state index is 5.91. The lowest BCUT2D eigenvalue weighted by atomic mass is 9.97. The molecule has 2 nitrogen and oxygen atoms in total. The molecular weight excluding hydrogens is 200 g/mol. The number of thiophene rings is 1. The van der Waals surface area contributed by atoms with Gasteiger partial charge in [0.05, 0.1) is 5.39 Å². The number of nitrogens with two attached hydrogens (primary N) is 1. The standard InChI is InChI=1S/C9H10N2S2/c10-8-7-5-3-1-2-4-6(5)12-9(7)11-13-8/h1-4,10H2. The van der Waals surface area contributed by atoms with E-state index in [-0.39, 0.29) is 0 Å². The van der Waals surface area contributed by atoms with E-state index in [1.807, 2.05) is 11.3 Å². The molecule has 0 unspecified atom stereocenters. The number of anilines is 1. The lowest BCUT2D eigenvalue weighted by Gasteiger charge is -2.09. The number of hydrogen-bond donors (Lipinski definition) is 1. The molecule has 2 aromatic rings. The predicted octanol–water partition coefficient (Wildman–Crippen LogP) is 2.82. The first-order chi connectivity index (χ1) is 6.36. The molecule has 0 saturated heterocycles. The summed E-state index contributed by atoms with van der Waals surface area (Å²) >= 11 is 3.28. The van der Waals surface area contributed by atoms with Crippen LogP contribution in [-0.2, 0) is 12.8 Å². The molecule has 4 heteroatoms. The zero-order valence-corrected chi connectivity index (χ0v) is 8.80. The maximum Gasteiger partial charge on any atom is 0.139 e. The first-order valence-electron chi connectivity index (χ1n) is 4.51. The summed E-state index contributed by atoms with van der Waals surface area (Å²) in [6.07, 6.45) is 5.09. The molecule has 0 amide bonds. The fourth-order valence-corrected chi connectivity index (χ4v) is 4.06. The third-order valence-corrected chi connectivity index (χ3v) is 4.60. The van der Waals surface area contributed by atoms with E-state index in [1.165, 1.54) is 53.0 Å². The molecule has 0 radical (unpaired) electrons. The Balaban J connectivity index is 2.36. The average molecular weight is 210 g/mol. The highest BCUT2D eigenvalue weighted by Gasteiger charge is 2.19. The third-order valence-electron chi connectivity index (χ3n) is 2.63. The molecule has 0 bridgehead atoms. The lowest BCUT2D eigenvalue weighted by molar-refractivity contribution is 0.700. The van der Waals surface area contributed by atoms with Crippen LogP contribution in [0.25, 0.3) is 10.2 Å². The fraction of sp³-hybridized carbons (Fsp3) is 0.444. The molecule has 0 aromatic carbocycles. The third kappa shape index (κ3) is 1.02. The van der Waals surface area contributed by atoms with Gasteiger partial charge in [-0.3, -0.25) is 0 Å². The second-order valence-corrected chi connectivity index (χ2v) is 5.33. The lowest BCUT2D eigenvalue weighted by Crippen LogP contribution is -1.98. The van der Waals surface area contributed by atoms with Crippen LogP contribution in [0.3, 0.4) is 0 Å². The first-order valence-corrected chi connectivity index (χ1v) is 6.10. The molecule has 1 aliphatic rings. The van der Waals surface area contributed by atoms with E-state index in [9.17, 15) is 0 Å². The minimum absolute atomic E-state index is 0.911. The summed E-state index contributed by atoms with van der Waals surface area (Å²) < 4.78 is 4.36. The summed E-state index contributed by atoms with van der Waals surface area (Å²) in [5, 5.41) is 2.18. The molecule has 0 atom stereocenters. The summed E-state index contributed by atoms with van der Waals surface area (Å²) in [7, 11) is 0. The highest BCUT2D eigenvalue weighted by Crippen LogP contribution is 2.40. The van der Waals surface area contributed by atoms with E-state index in [4.69, 9.17) is 5.73 Å². The van der Waals surface area contributed by atoms with Gasteiger partial charge in [0.15, 0.2) is 0 Å². The van der Waals surface area contributed by atoms with Crippen LogP contribution >= 0.6 is 22.9 Å². The minimum Gasteiger partial charge on any atom is -0.389 e. The SMILES string of the molecule is Nc1snc2sc3c(c12)CCCC3. The van der Waals surface area contributed by atoms with Crippen molar-refractivity contribution in [1.82, 2.24) is 4.37 Å². The van der Waals surface area contributed by atoms with Crippen molar-refractivity contribution in [1.29, 1.82) is 0 Å². The van der Waals surface area contributed by atoms with Crippen molar-refractivity contribution in [3.8, 4) is 0 Å². The maximum atomic E-state index is 5.91. The van der Waals surface area contributed by atoms with Crippen LogP contribution in [0, 0.1) is 0 Å². The van der Waals surface area contributed by atoms with Gasteiger partial charge in [0.2, 0.25) is 0 Å². The van der Waals surface area contributed by atoms with Crippen LogP contribution in [0.1, 0.15) is 23.3 Å². The van der Waals surface area contributed by atoms with E-state index in [2.05, 4.69) is 4.37 Å². The number of rotatable bonds is 0. The van der Waals surface area contributed by atoms with Crippen molar-refractivity contribution in [2.24, 2.45) is 0 Å². The van der Waals surface area contributed by atoms with Gasteiger partial charge < -0.3 is 5.73 Å². The van der Waals surface area contributed by atoms with Gasteiger partial charge in [0, 0.05) is 4.88 Å². The molecule has 0 spiro atoms. The van der Waals surface area contributed by atoms with E-state index in [0.29, 0.717) is 0 Å². The van der Waals surface area contributed by atoms with Gasteiger partial charge in [0.25, 0.3) is 0 Å². The van der Waals surface area contributed by atoms with Gasteiger partial charge in [-0.1, -0.05) is 0 Å². The van der Waals surface area contributed by atoms with Crippen LogP contribution in [0.15, 0.2) is 0 Å². The number of nitrogen functional groups attached to an aromatic ring is 1. The molecule has 0 fully saturated rings. The van der Waals surface area contributed by atoms with E-state index < -0.39 is 0 Å². The second-order valence-electron chi connectivity index (χ2n) is 3.44. The van der Waals surface area contributed by atoms with Crippen LogP contribution in [0.5, 0.6) is 0 Å². The van der Waals surface area contributed by atoms with Crippen molar-refractivity contribution >= 4 is 38.1 Å². The predicted molar refractivity (Wildman–Crippen MR) is 58.6 cm³/mol. The van der Waals surface area contributed by atoms with E-state index >= 15 is 0 Å². The van der Waals surface area contributed by atoms with Crippen molar-refractivity contribution in [3.63, 3.8) is 0 Å². The normalized spacial score (nSPS) is 16.3. The number of fused-ring (bicyclic) bond motifs is 3. The summed E-state index contributed by atoms with van der Waals surface area (Å²) in [5.74, 6) is 0. The van der Waals surface area contributed by atoms with Crippen molar-refractivity contribution in [2.45, 2.75) is 25.7 Å². The zero-order valence-electron chi connectivity index (χ0n) is 7.17. The van der Waals surface area contributed by atoms with Crippen molar-refractivity contribution in [2.75, 3.05) is 5.73 Å². The highest BCUT2D eigenvalue weighted by atomic mass is 32.1. The van der Waals surface area contributed by atoms with E-state index in [0.717, 1.165) is 9.83 Å². The Morgan fingerprint density at radius 3 is 3.00 bits per heavy atom. The number of aromatic nitrogens is 1. The van der Waals surface area contributed by atoms with Crippen LogP contribution in [-0.4, -0.2) is 4.37 Å². The van der Waals surface area contributed by atoms with Crippen LogP contribution < -0.4 is 5.73 Å². The average Bonchev–Trinajstić information content (AvgIpc) is 2.66. The quantitative estimate of drug-likeness (QED) is 0.726. The topological polar surface area (TPSA) is 38.9 Å². The Morgan fingerprint density at radius 2 is 2.08 bits per heavy atom. The molecule has 2 N–H and O–H groups in total. The molecule has 1 aliphatic carbocycles. The van der Waals surface area contributed by atoms with E-state index in [1.54, 1.807) is 0 Å². The smallest absolute Gasteiger partial charge is 0.139 e. The Morgan fingerprint density at radius 1 is 1.23 bits per heavy atom.